The van der Waals surface area contributed by atoms with Gasteiger partial charge in [0, 0.05) is 11.8 Å². The average molecular weight is 345 g/mol. The molecule has 0 aromatic heterocycles. The number of carbonyl (C=O) groups is 1. The number of hydrogen-bond acceptors (Lipinski definition) is 1. The molecule has 0 radical (unpaired) electrons. The van der Waals surface area contributed by atoms with Crippen LogP contribution in [0.15, 0.2) is 40.9 Å². The van der Waals surface area contributed by atoms with Gasteiger partial charge in [-0.3, -0.25) is 0 Å². The van der Waals surface area contributed by atoms with Crippen molar-refractivity contribution >= 4 is 33.3 Å². The molecule has 0 saturated carbocycles. The van der Waals surface area contributed by atoms with Gasteiger partial charge < -0.3 is 10.6 Å². The predicted octanol–water partition coefficient (Wildman–Crippen LogP) is 4.51. The van der Waals surface area contributed by atoms with Crippen LogP contribution in [0.3, 0.4) is 0 Å². The molecular formula is C13H8BrF3N2O. The maximum Gasteiger partial charge on any atom is 0.323 e. The highest BCUT2D eigenvalue weighted by Gasteiger charge is 2.09. The normalized spacial score (nSPS) is 10.2. The molecule has 0 heterocycles. The SMILES string of the molecule is O=C(Nc1ccc(Br)c(F)c1)Nc1ccc(F)cc1F. The van der Waals surface area contributed by atoms with Crippen molar-refractivity contribution in [1.29, 1.82) is 0 Å². The van der Waals surface area contributed by atoms with E-state index < -0.39 is 23.5 Å². The molecule has 7 heteroatoms. The van der Waals surface area contributed by atoms with E-state index in [1.807, 2.05) is 0 Å². The highest BCUT2D eigenvalue weighted by Crippen LogP contribution is 2.20. The Balaban J connectivity index is 2.07. The Morgan fingerprint density at radius 1 is 0.950 bits per heavy atom. The fourth-order valence-electron chi connectivity index (χ4n) is 1.45. The van der Waals surface area contributed by atoms with Gasteiger partial charge in [0.25, 0.3) is 0 Å². The molecule has 104 valence electrons. The average Bonchev–Trinajstić information content (AvgIpc) is 2.37. The molecule has 0 bridgehead atoms. The van der Waals surface area contributed by atoms with Crippen molar-refractivity contribution in [3.8, 4) is 0 Å². The molecule has 0 aliphatic rings. The zero-order valence-electron chi connectivity index (χ0n) is 9.88. The third-order valence-corrected chi connectivity index (χ3v) is 3.00. The maximum absolute atomic E-state index is 13.3. The first kappa shape index (κ1) is 14.4. The summed E-state index contributed by atoms with van der Waals surface area (Å²) in [5.74, 6) is -2.19. The molecule has 2 N–H and O–H groups in total. The molecule has 2 amide bonds. The third kappa shape index (κ3) is 3.51. The largest absolute Gasteiger partial charge is 0.323 e. The number of anilines is 2. The first-order valence-corrected chi connectivity index (χ1v) is 6.23. The van der Waals surface area contributed by atoms with Crippen molar-refractivity contribution in [1.82, 2.24) is 0 Å². The number of rotatable bonds is 2. The van der Waals surface area contributed by atoms with Crippen molar-refractivity contribution in [2.24, 2.45) is 0 Å². The zero-order chi connectivity index (χ0) is 14.7. The van der Waals surface area contributed by atoms with Crippen LogP contribution in [-0.4, -0.2) is 6.03 Å². The van der Waals surface area contributed by atoms with Gasteiger partial charge in [0.1, 0.15) is 17.5 Å². The number of urea groups is 1. The van der Waals surface area contributed by atoms with Gasteiger partial charge in [-0.15, -0.1) is 0 Å². The Labute approximate surface area is 120 Å². The third-order valence-electron chi connectivity index (χ3n) is 2.36. The lowest BCUT2D eigenvalue weighted by Gasteiger charge is -2.09. The van der Waals surface area contributed by atoms with Gasteiger partial charge in [0.05, 0.1) is 10.2 Å². The first-order chi connectivity index (χ1) is 9.45. The van der Waals surface area contributed by atoms with E-state index in [-0.39, 0.29) is 15.8 Å². The second-order valence-electron chi connectivity index (χ2n) is 3.83. The number of carbonyl (C=O) groups excluding carboxylic acids is 1. The van der Waals surface area contributed by atoms with E-state index in [2.05, 4.69) is 26.6 Å². The lowest BCUT2D eigenvalue weighted by Crippen LogP contribution is -2.20. The predicted molar refractivity (Wildman–Crippen MR) is 73.1 cm³/mol. The van der Waals surface area contributed by atoms with Crippen LogP contribution in [0.4, 0.5) is 29.3 Å². The van der Waals surface area contributed by atoms with Crippen LogP contribution in [0.1, 0.15) is 0 Å². The van der Waals surface area contributed by atoms with E-state index in [4.69, 9.17) is 0 Å². The van der Waals surface area contributed by atoms with Gasteiger partial charge in [0.2, 0.25) is 0 Å². The van der Waals surface area contributed by atoms with Crippen LogP contribution in [0.2, 0.25) is 0 Å². The Bertz CT molecular complexity index is 664. The number of halogens is 4. The van der Waals surface area contributed by atoms with Crippen LogP contribution >= 0.6 is 15.9 Å². The summed E-state index contributed by atoms with van der Waals surface area (Å²) in [4.78, 5) is 11.6. The fraction of sp³-hybridized carbons (Fsp3) is 0. The summed E-state index contributed by atoms with van der Waals surface area (Å²) < 4.78 is 39.5. The van der Waals surface area contributed by atoms with Gasteiger partial charge >= 0.3 is 6.03 Å². The monoisotopic (exact) mass is 344 g/mol. The molecule has 2 rings (SSSR count). The molecule has 20 heavy (non-hydrogen) atoms. The maximum atomic E-state index is 13.3. The van der Waals surface area contributed by atoms with Gasteiger partial charge in [-0.25, -0.2) is 18.0 Å². The van der Waals surface area contributed by atoms with Crippen LogP contribution in [0, 0.1) is 17.5 Å². The lowest BCUT2D eigenvalue weighted by molar-refractivity contribution is 0.262. The molecule has 0 spiro atoms. The van der Waals surface area contributed by atoms with Gasteiger partial charge in [-0.2, -0.15) is 0 Å². The number of nitrogens with one attached hydrogen (secondary N) is 2. The fourth-order valence-corrected chi connectivity index (χ4v) is 1.70. The molecule has 0 atom stereocenters. The van der Waals surface area contributed by atoms with E-state index in [1.54, 1.807) is 0 Å². The summed E-state index contributed by atoms with van der Waals surface area (Å²) in [6, 6.07) is 5.97. The first-order valence-electron chi connectivity index (χ1n) is 5.44. The summed E-state index contributed by atoms with van der Waals surface area (Å²) in [6.07, 6.45) is 0. The van der Waals surface area contributed by atoms with E-state index in [0.717, 1.165) is 18.2 Å². The van der Waals surface area contributed by atoms with E-state index in [0.29, 0.717) is 6.07 Å². The van der Waals surface area contributed by atoms with Crippen molar-refractivity contribution in [3.63, 3.8) is 0 Å². The van der Waals surface area contributed by atoms with Gasteiger partial charge in [-0.05, 0) is 46.3 Å². The molecule has 0 aliphatic carbocycles. The zero-order valence-corrected chi connectivity index (χ0v) is 11.5. The smallest absolute Gasteiger partial charge is 0.308 e. The molecule has 0 saturated heterocycles. The molecule has 3 nitrogen and oxygen atoms in total. The van der Waals surface area contributed by atoms with Crippen LogP contribution in [-0.2, 0) is 0 Å². The summed E-state index contributed by atoms with van der Waals surface area (Å²) >= 11 is 2.98. The molecule has 2 aromatic carbocycles. The van der Waals surface area contributed by atoms with Gasteiger partial charge in [-0.1, -0.05) is 0 Å². The number of hydrogen-bond donors (Lipinski definition) is 2. The number of benzene rings is 2. The van der Waals surface area contributed by atoms with Crippen LogP contribution in [0.5, 0.6) is 0 Å². The topological polar surface area (TPSA) is 41.1 Å². The second kappa shape index (κ2) is 5.96. The molecule has 0 aliphatic heterocycles. The minimum Gasteiger partial charge on any atom is -0.308 e. The Kier molecular flexibility index (Phi) is 4.29. The van der Waals surface area contributed by atoms with Crippen molar-refractivity contribution in [3.05, 3.63) is 58.3 Å². The highest BCUT2D eigenvalue weighted by atomic mass is 79.9. The Morgan fingerprint density at radius 2 is 1.70 bits per heavy atom. The summed E-state index contributed by atoms with van der Waals surface area (Å²) in [5, 5.41) is 4.52. The summed E-state index contributed by atoms with van der Waals surface area (Å²) in [7, 11) is 0. The Hall–Kier alpha value is -2.02. The standard InChI is InChI=1S/C13H8BrF3N2O/c14-9-3-2-8(6-10(9)16)18-13(20)19-12-4-1-7(15)5-11(12)17/h1-6H,(H2,18,19,20). The minimum absolute atomic E-state index is 0.179. The van der Waals surface area contributed by atoms with Crippen molar-refractivity contribution in [2.75, 3.05) is 10.6 Å². The van der Waals surface area contributed by atoms with E-state index >= 15 is 0 Å². The van der Waals surface area contributed by atoms with Crippen LogP contribution < -0.4 is 10.6 Å². The van der Waals surface area contributed by atoms with E-state index in [1.165, 1.54) is 12.1 Å². The van der Waals surface area contributed by atoms with Crippen molar-refractivity contribution in [2.45, 2.75) is 0 Å². The lowest BCUT2D eigenvalue weighted by atomic mass is 10.3. The van der Waals surface area contributed by atoms with Crippen molar-refractivity contribution < 1.29 is 18.0 Å². The van der Waals surface area contributed by atoms with Gasteiger partial charge in [0.15, 0.2) is 0 Å². The summed E-state index contributed by atoms with van der Waals surface area (Å²) in [6.45, 7) is 0. The van der Waals surface area contributed by atoms with E-state index in [9.17, 15) is 18.0 Å². The minimum atomic E-state index is -0.901. The van der Waals surface area contributed by atoms with Crippen LogP contribution in [0.25, 0.3) is 0 Å². The quantitative estimate of drug-likeness (QED) is 0.826. The molecule has 0 fully saturated rings. The number of amides is 2. The summed E-state index contributed by atoms with van der Waals surface area (Å²) in [5.41, 5.74) is 0.0206. The molecule has 0 unspecified atom stereocenters. The Morgan fingerprint density at radius 3 is 2.35 bits per heavy atom. The highest BCUT2D eigenvalue weighted by molar-refractivity contribution is 9.10. The molecular weight excluding hydrogens is 337 g/mol. The second-order valence-corrected chi connectivity index (χ2v) is 4.69. The molecule has 2 aromatic rings.